The summed E-state index contributed by atoms with van der Waals surface area (Å²) in [7, 11) is -3.84. The van der Waals surface area contributed by atoms with E-state index in [1.165, 1.54) is 24.3 Å². The van der Waals surface area contributed by atoms with Crippen molar-refractivity contribution in [1.29, 1.82) is 0 Å². The van der Waals surface area contributed by atoms with Gasteiger partial charge in [0.15, 0.2) is 18.1 Å². The summed E-state index contributed by atoms with van der Waals surface area (Å²) in [5.41, 5.74) is 6.97. The molecule has 35 heavy (non-hydrogen) atoms. The van der Waals surface area contributed by atoms with Gasteiger partial charge in [-0.3, -0.25) is 25.2 Å². The van der Waals surface area contributed by atoms with Crippen LogP contribution in [0.2, 0.25) is 0 Å². The van der Waals surface area contributed by atoms with Crippen LogP contribution in [0, 0.1) is 13.8 Å². The number of aryl methyl sites for hydroxylation is 1. The molecule has 0 atom stereocenters. The summed E-state index contributed by atoms with van der Waals surface area (Å²) < 4.78 is 38.9. The van der Waals surface area contributed by atoms with Gasteiger partial charge in [-0.05, 0) is 74.4 Å². The van der Waals surface area contributed by atoms with Crippen molar-refractivity contribution in [1.82, 2.24) is 10.9 Å². The van der Waals surface area contributed by atoms with Crippen LogP contribution in [0.25, 0.3) is 0 Å². The highest BCUT2D eigenvalue weighted by Gasteiger charge is 2.17. The van der Waals surface area contributed by atoms with Crippen LogP contribution in [0.15, 0.2) is 71.6 Å². The highest BCUT2D eigenvalue weighted by molar-refractivity contribution is 7.92. The van der Waals surface area contributed by atoms with Gasteiger partial charge < -0.3 is 9.47 Å². The van der Waals surface area contributed by atoms with Crippen molar-refractivity contribution < 1.29 is 27.5 Å². The molecule has 0 saturated heterocycles. The lowest BCUT2D eigenvalue weighted by atomic mass is 10.1. The lowest BCUT2D eigenvalue weighted by molar-refractivity contribution is -0.123. The zero-order valence-electron chi connectivity index (χ0n) is 19.6. The first-order chi connectivity index (χ1) is 16.7. The molecule has 0 heterocycles. The minimum atomic E-state index is -3.84. The van der Waals surface area contributed by atoms with E-state index in [0.29, 0.717) is 23.8 Å². The second-order valence-electron chi connectivity index (χ2n) is 7.55. The summed E-state index contributed by atoms with van der Waals surface area (Å²) in [6.45, 7) is 5.67. The largest absolute Gasteiger partial charge is 0.490 e. The third-order valence-corrected chi connectivity index (χ3v) is 6.48. The number of nitrogens with one attached hydrogen (secondary N) is 3. The van der Waals surface area contributed by atoms with Crippen LogP contribution >= 0.6 is 0 Å². The maximum absolute atomic E-state index is 12.7. The van der Waals surface area contributed by atoms with E-state index in [0.717, 1.165) is 11.1 Å². The normalized spacial score (nSPS) is 10.8. The summed E-state index contributed by atoms with van der Waals surface area (Å²) in [5, 5.41) is 0. The molecule has 0 aromatic heterocycles. The van der Waals surface area contributed by atoms with E-state index >= 15 is 0 Å². The molecule has 184 valence electrons. The molecule has 3 aromatic carbocycles. The smallest absolute Gasteiger partial charge is 0.276 e. The predicted octanol–water partition coefficient (Wildman–Crippen LogP) is 3.34. The van der Waals surface area contributed by atoms with E-state index in [-0.39, 0.29) is 17.1 Å². The van der Waals surface area contributed by atoms with Crippen LogP contribution in [0.4, 0.5) is 5.69 Å². The Labute approximate surface area is 204 Å². The Morgan fingerprint density at radius 1 is 0.829 bits per heavy atom. The highest BCUT2D eigenvalue weighted by Crippen LogP contribution is 2.26. The number of carbonyl (C=O) groups excluding carboxylic acids is 2. The standard InChI is InChI=1S/C25H27N3O6S/c1-4-33-22-10-5-6-11-23(22)34-16-24(29)26-27-25(30)19-12-14-20(15-13-19)35(31,32)28-21-9-7-8-17(2)18(21)3/h5-15,28H,4,16H2,1-3H3,(H,26,29)(H,27,30). The molecule has 0 bridgehead atoms. The molecule has 0 unspecified atom stereocenters. The third kappa shape index (κ3) is 6.73. The molecule has 0 fully saturated rings. The van der Waals surface area contributed by atoms with E-state index in [1.54, 1.807) is 36.4 Å². The summed E-state index contributed by atoms with van der Waals surface area (Å²) in [5.74, 6) is -0.280. The number of para-hydroxylation sites is 2. The molecule has 3 rings (SSSR count). The van der Waals surface area contributed by atoms with Crippen LogP contribution in [-0.4, -0.2) is 33.4 Å². The van der Waals surface area contributed by atoms with Gasteiger partial charge in [-0.2, -0.15) is 0 Å². The number of rotatable bonds is 9. The van der Waals surface area contributed by atoms with Crippen LogP contribution in [0.3, 0.4) is 0 Å². The maximum Gasteiger partial charge on any atom is 0.276 e. The Morgan fingerprint density at radius 2 is 1.49 bits per heavy atom. The van der Waals surface area contributed by atoms with Crippen molar-refractivity contribution in [2.45, 2.75) is 25.7 Å². The maximum atomic E-state index is 12.7. The zero-order valence-corrected chi connectivity index (χ0v) is 20.4. The molecule has 9 nitrogen and oxygen atoms in total. The fraction of sp³-hybridized carbons (Fsp3) is 0.200. The molecular weight excluding hydrogens is 470 g/mol. The van der Waals surface area contributed by atoms with E-state index in [1.807, 2.05) is 26.8 Å². The van der Waals surface area contributed by atoms with Crippen LogP contribution in [0.5, 0.6) is 11.5 Å². The quantitative estimate of drug-likeness (QED) is 0.390. The number of carbonyl (C=O) groups is 2. The van der Waals surface area contributed by atoms with Gasteiger partial charge in [0.2, 0.25) is 0 Å². The summed E-state index contributed by atoms with van der Waals surface area (Å²) in [6, 6.07) is 17.6. The molecule has 0 aliphatic heterocycles. The van der Waals surface area contributed by atoms with Crippen molar-refractivity contribution in [3.63, 3.8) is 0 Å². The van der Waals surface area contributed by atoms with Crippen molar-refractivity contribution in [2.24, 2.45) is 0 Å². The van der Waals surface area contributed by atoms with Gasteiger partial charge in [0.1, 0.15) is 0 Å². The van der Waals surface area contributed by atoms with Gasteiger partial charge in [0.25, 0.3) is 21.8 Å². The number of anilines is 1. The van der Waals surface area contributed by atoms with Gasteiger partial charge in [-0.15, -0.1) is 0 Å². The van der Waals surface area contributed by atoms with Crippen molar-refractivity contribution in [3.8, 4) is 11.5 Å². The summed E-state index contributed by atoms with van der Waals surface area (Å²) in [6.07, 6.45) is 0. The molecule has 0 saturated carbocycles. The fourth-order valence-corrected chi connectivity index (χ4v) is 4.20. The van der Waals surface area contributed by atoms with Gasteiger partial charge in [0.05, 0.1) is 17.2 Å². The monoisotopic (exact) mass is 497 g/mol. The van der Waals surface area contributed by atoms with Gasteiger partial charge in [-0.1, -0.05) is 24.3 Å². The van der Waals surface area contributed by atoms with Gasteiger partial charge in [-0.25, -0.2) is 8.42 Å². The second kappa shape index (κ2) is 11.4. The highest BCUT2D eigenvalue weighted by atomic mass is 32.2. The molecule has 2 amide bonds. The number of amides is 2. The van der Waals surface area contributed by atoms with Crippen LogP contribution < -0.4 is 25.0 Å². The number of ether oxygens (including phenoxy) is 2. The molecule has 0 spiro atoms. The number of hydrogen-bond acceptors (Lipinski definition) is 6. The first kappa shape index (κ1) is 25.6. The molecule has 0 aliphatic carbocycles. The average Bonchev–Trinajstić information content (AvgIpc) is 2.85. The van der Waals surface area contributed by atoms with Gasteiger partial charge in [0, 0.05) is 5.56 Å². The minimum absolute atomic E-state index is 0.000329. The Balaban J connectivity index is 1.55. The number of benzene rings is 3. The first-order valence-corrected chi connectivity index (χ1v) is 12.3. The molecule has 10 heteroatoms. The topological polar surface area (TPSA) is 123 Å². The molecule has 3 N–H and O–H groups in total. The molecule has 3 aromatic rings. The Hall–Kier alpha value is -4.05. The zero-order chi connectivity index (χ0) is 25.4. The Morgan fingerprint density at radius 3 is 2.14 bits per heavy atom. The summed E-state index contributed by atoms with van der Waals surface area (Å²) in [4.78, 5) is 24.4. The van der Waals surface area contributed by atoms with Crippen molar-refractivity contribution >= 4 is 27.5 Å². The second-order valence-corrected chi connectivity index (χ2v) is 9.23. The van der Waals surface area contributed by atoms with Crippen LogP contribution in [0.1, 0.15) is 28.4 Å². The van der Waals surface area contributed by atoms with Crippen LogP contribution in [-0.2, 0) is 14.8 Å². The molecule has 0 radical (unpaired) electrons. The van der Waals surface area contributed by atoms with E-state index in [2.05, 4.69) is 15.6 Å². The van der Waals surface area contributed by atoms with Crippen molar-refractivity contribution in [3.05, 3.63) is 83.4 Å². The lowest BCUT2D eigenvalue weighted by Crippen LogP contribution is -2.43. The number of hydrazine groups is 1. The van der Waals surface area contributed by atoms with E-state index in [9.17, 15) is 18.0 Å². The Bertz CT molecular complexity index is 1310. The summed E-state index contributed by atoms with van der Waals surface area (Å²) >= 11 is 0. The Kier molecular flexibility index (Phi) is 8.32. The fourth-order valence-electron chi connectivity index (χ4n) is 3.07. The molecule has 0 aliphatic rings. The number of sulfonamides is 1. The number of hydrogen-bond donors (Lipinski definition) is 3. The van der Waals surface area contributed by atoms with E-state index < -0.39 is 21.8 Å². The van der Waals surface area contributed by atoms with Gasteiger partial charge >= 0.3 is 0 Å². The predicted molar refractivity (Wildman–Crippen MR) is 132 cm³/mol. The average molecular weight is 498 g/mol. The first-order valence-electron chi connectivity index (χ1n) is 10.8. The third-order valence-electron chi connectivity index (χ3n) is 5.10. The lowest BCUT2D eigenvalue weighted by Gasteiger charge is -2.13. The van der Waals surface area contributed by atoms with Crippen molar-refractivity contribution in [2.75, 3.05) is 17.9 Å². The van der Waals surface area contributed by atoms with E-state index in [4.69, 9.17) is 9.47 Å². The minimum Gasteiger partial charge on any atom is -0.490 e. The SMILES string of the molecule is CCOc1ccccc1OCC(=O)NNC(=O)c1ccc(S(=O)(=O)Nc2cccc(C)c2C)cc1. The molecular formula is C25H27N3O6S.